The second kappa shape index (κ2) is 9.95. The van der Waals surface area contributed by atoms with Crippen molar-refractivity contribution in [3.8, 4) is 0 Å². The third kappa shape index (κ3) is 4.77. The lowest BCUT2D eigenvalue weighted by Gasteiger charge is -2.50. The molecule has 3 aliphatic rings. The first-order valence-electron chi connectivity index (χ1n) is 11.0. The van der Waals surface area contributed by atoms with Gasteiger partial charge in [-0.25, -0.2) is 4.98 Å². The number of thiazole rings is 2. The number of amides is 2. The van der Waals surface area contributed by atoms with Crippen molar-refractivity contribution in [3.05, 3.63) is 39.4 Å². The number of rotatable bonds is 8. The Bertz CT molecular complexity index is 1200. The van der Waals surface area contributed by atoms with Crippen LogP contribution < -0.4 is 20.7 Å². The highest BCUT2D eigenvalue weighted by atomic mass is 32.2. The number of thioether (sulfide) groups is 1. The van der Waals surface area contributed by atoms with Crippen molar-refractivity contribution in [3.63, 3.8) is 0 Å². The number of aliphatic carboxylic acids is 1. The van der Waals surface area contributed by atoms with Crippen LogP contribution in [0.15, 0.2) is 38.9 Å². The van der Waals surface area contributed by atoms with Crippen LogP contribution >= 0.6 is 34.4 Å². The molecule has 2 aromatic heterocycles. The van der Waals surface area contributed by atoms with Gasteiger partial charge in [-0.2, -0.15) is 4.57 Å². The second-order valence-electron chi connectivity index (χ2n) is 8.32. The van der Waals surface area contributed by atoms with Gasteiger partial charge >= 0.3 is 0 Å². The Kier molecular flexibility index (Phi) is 6.75. The van der Waals surface area contributed by atoms with Gasteiger partial charge in [-0.15, -0.1) is 23.1 Å². The minimum Gasteiger partial charge on any atom is -0.543 e. The van der Waals surface area contributed by atoms with Crippen LogP contribution in [-0.4, -0.2) is 56.7 Å². The van der Waals surface area contributed by atoms with Crippen LogP contribution in [-0.2, 0) is 25.8 Å². The molecule has 14 heteroatoms. The molecule has 3 N–H and O–H groups in total. The number of fused-ring (bicyclic) bond motifs is 1. The Labute approximate surface area is 212 Å². The average molecular weight is 535 g/mol. The summed E-state index contributed by atoms with van der Waals surface area (Å²) in [5.74, 6) is -2.17. The summed E-state index contributed by atoms with van der Waals surface area (Å²) < 4.78 is 1.85. The van der Waals surface area contributed by atoms with Gasteiger partial charge in [0.15, 0.2) is 23.6 Å². The zero-order valence-corrected chi connectivity index (χ0v) is 20.9. The van der Waals surface area contributed by atoms with Gasteiger partial charge in [-0.1, -0.05) is 16.5 Å². The molecular formula is C21H22N6O5S3. The predicted molar refractivity (Wildman–Crippen MR) is 128 cm³/mol. The molecule has 2 fully saturated rings. The molecule has 2 amide bonds. The van der Waals surface area contributed by atoms with Crippen LogP contribution in [0.4, 0.5) is 5.13 Å². The lowest BCUT2D eigenvalue weighted by atomic mass is 10.0. The number of hydrogen-bond donors (Lipinski definition) is 2. The van der Waals surface area contributed by atoms with Crippen molar-refractivity contribution in [2.45, 2.75) is 49.7 Å². The Morgan fingerprint density at radius 2 is 2.17 bits per heavy atom. The number of carbonyl (C=O) groups is 3. The van der Waals surface area contributed by atoms with E-state index in [-0.39, 0.29) is 28.3 Å². The van der Waals surface area contributed by atoms with E-state index >= 15 is 0 Å². The van der Waals surface area contributed by atoms with Gasteiger partial charge in [-0.3, -0.25) is 14.5 Å². The summed E-state index contributed by atoms with van der Waals surface area (Å²) in [6.07, 6.45) is 5.56. The molecule has 11 nitrogen and oxygen atoms in total. The van der Waals surface area contributed by atoms with E-state index in [2.05, 4.69) is 15.5 Å². The fourth-order valence-corrected chi connectivity index (χ4v) is 6.78. The van der Waals surface area contributed by atoms with Gasteiger partial charge in [0.25, 0.3) is 11.8 Å². The summed E-state index contributed by atoms with van der Waals surface area (Å²) in [4.78, 5) is 49.0. The third-order valence-corrected chi connectivity index (χ3v) is 8.69. The molecule has 0 spiro atoms. The highest BCUT2D eigenvalue weighted by molar-refractivity contribution is 8.00. The van der Waals surface area contributed by atoms with Crippen LogP contribution in [0.5, 0.6) is 0 Å². The zero-order valence-electron chi connectivity index (χ0n) is 18.4. The first kappa shape index (κ1) is 23.8. The Morgan fingerprint density at radius 3 is 2.83 bits per heavy atom. The molecule has 0 bridgehead atoms. The predicted octanol–water partition coefficient (Wildman–Crippen LogP) is -0.158. The SMILES string of the molecule is Nc1nc(/C(=N/OC2CCCC2)C(=O)N[C@@H]2C(=O)N3C(C(=O)[O-])=C(C[n+]4ccsc4)CS[C@H]23)cs1. The number of carboxylic acid groups (broad SMARTS) is 1. The summed E-state index contributed by atoms with van der Waals surface area (Å²) in [7, 11) is 0. The van der Waals surface area contributed by atoms with Gasteiger partial charge in [0.2, 0.25) is 5.51 Å². The topological polar surface area (TPSA) is 154 Å². The maximum absolute atomic E-state index is 13.2. The van der Waals surface area contributed by atoms with E-state index in [0.717, 1.165) is 37.0 Å². The van der Waals surface area contributed by atoms with Crippen LogP contribution in [0.2, 0.25) is 0 Å². The lowest BCUT2D eigenvalue weighted by molar-refractivity contribution is -0.684. The van der Waals surface area contributed by atoms with Crippen molar-refractivity contribution in [1.82, 2.24) is 15.2 Å². The number of carbonyl (C=O) groups excluding carboxylic acids is 3. The van der Waals surface area contributed by atoms with E-state index in [4.69, 9.17) is 10.6 Å². The number of oxime groups is 1. The normalized spacial score (nSPS) is 22.7. The molecule has 2 aliphatic heterocycles. The largest absolute Gasteiger partial charge is 0.543 e. The smallest absolute Gasteiger partial charge is 0.276 e. The number of carboxylic acids is 1. The van der Waals surface area contributed by atoms with Crippen molar-refractivity contribution in [1.29, 1.82) is 0 Å². The molecule has 184 valence electrons. The minimum atomic E-state index is -1.41. The third-order valence-electron chi connectivity index (χ3n) is 6.00. The maximum atomic E-state index is 13.2. The zero-order chi connectivity index (χ0) is 24.5. The number of aromatic nitrogens is 2. The molecule has 5 rings (SSSR count). The van der Waals surface area contributed by atoms with Gasteiger partial charge in [-0.05, 0) is 25.7 Å². The van der Waals surface area contributed by atoms with Crippen LogP contribution in [0, 0.1) is 0 Å². The lowest BCUT2D eigenvalue weighted by Crippen LogP contribution is -2.71. The molecule has 1 saturated heterocycles. The fourth-order valence-electron chi connectivity index (χ4n) is 4.30. The van der Waals surface area contributed by atoms with E-state index < -0.39 is 29.2 Å². The summed E-state index contributed by atoms with van der Waals surface area (Å²) in [5, 5.41) is 21.9. The summed E-state index contributed by atoms with van der Waals surface area (Å²) in [5.41, 5.74) is 8.24. The average Bonchev–Trinajstić information content (AvgIpc) is 3.61. The molecule has 4 heterocycles. The van der Waals surface area contributed by atoms with E-state index in [0.29, 0.717) is 17.9 Å². The molecule has 2 atom stereocenters. The standard InChI is InChI=1S/C21H22N6O5S3/c22-21-23-13(9-35-21)14(25-32-12-3-1-2-4-12)17(28)24-15-18(29)27-16(20(30)31)11(8-34-19(15)27)7-26-5-6-33-10-26/h5-6,9-10,12,15,19H,1-4,7-8H2,(H3-,22,23,24,28,30,31)/b25-14-/t15-,19-/m1/s1. The molecule has 2 aromatic rings. The summed E-state index contributed by atoms with van der Waals surface area (Å²) in [6.45, 7) is 0.341. The van der Waals surface area contributed by atoms with E-state index in [1.807, 2.05) is 21.7 Å². The van der Waals surface area contributed by atoms with Crippen molar-refractivity contribution >= 4 is 63.1 Å². The monoisotopic (exact) mass is 534 g/mol. The van der Waals surface area contributed by atoms with Crippen molar-refractivity contribution < 1.29 is 28.9 Å². The highest BCUT2D eigenvalue weighted by Crippen LogP contribution is 2.40. The fraction of sp³-hybridized carbons (Fsp3) is 0.429. The van der Waals surface area contributed by atoms with Gasteiger partial charge in [0, 0.05) is 16.7 Å². The highest BCUT2D eigenvalue weighted by Gasteiger charge is 2.53. The number of nitrogens with one attached hydrogen (secondary N) is 1. The number of nitrogens with zero attached hydrogens (tertiary/aromatic N) is 4. The van der Waals surface area contributed by atoms with Crippen molar-refractivity contribution in [2.75, 3.05) is 11.5 Å². The summed E-state index contributed by atoms with van der Waals surface area (Å²) in [6, 6.07) is -0.912. The molecule has 35 heavy (non-hydrogen) atoms. The number of hydrogen-bond acceptors (Lipinski definition) is 11. The van der Waals surface area contributed by atoms with E-state index in [1.54, 1.807) is 5.38 Å². The van der Waals surface area contributed by atoms with E-state index in [1.165, 1.54) is 28.0 Å². The maximum Gasteiger partial charge on any atom is 0.276 e. The number of nitrogens with two attached hydrogens (primary N) is 1. The first-order chi connectivity index (χ1) is 16.9. The van der Waals surface area contributed by atoms with Gasteiger partial charge in [0.1, 0.15) is 23.2 Å². The number of β-lactam (4-membered cyclic amide) rings is 1. The number of nitrogen functional groups attached to an aromatic ring is 1. The van der Waals surface area contributed by atoms with Crippen LogP contribution in [0.3, 0.4) is 0 Å². The quantitative estimate of drug-likeness (QED) is 0.205. The van der Waals surface area contributed by atoms with Gasteiger partial charge < -0.3 is 25.8 Å². The van der Waals surface area contributed by atoms with Crippen LogP contribution in [0.25, 0.3) is 0 Å². The Morgan fingerprint density at radius 1 is 1.37 bits per heavy atom. The molecule has 0 unspecified atom stereocenters. The second-order valence-corrected chi connectivity index (χ2v) is 11.1. The molecule has 0 radical (unpaired) electrons. The first-order valence-corrected chi connectivity index (χ1v) is 13.8. The molecule has 1 saturated carbocycles. The Balaban J connectivity index is 1.33. The van der Waals surface area contributed by atoms with Crippen molar-refractivity contribution in [2.24, 2.45) is 5.16 Å². The van der Waals surface area contributed by atoms with Gasteiger partial charge in [0.05, 0.1) is 17.0 Å². The van der Waals surface area contributed by atoms with Crippen LogP contribution in [0.1, 0.15) is 31.4 Å². The number of anilines is 1. The summed E-state index contributed by atoms with van der Waals surface area (Å²) >= 11 is 4.04. The molecule has 1 aliphatic carbocycles. The molecule has 0 aromatic carbocycles. The minimum absolute atomic E-state index is 0.0675. The van der Waals surface area contributed by atoms with E-state index in [9.17, 15) is 19.5 Å². The Hall–Kier alpha value is -2.97. The molecular weight excluding hydrogens is 512 g/mol.